The van der Waals surface area contributed by atoms with Crippen LogP contribution in [-0.4, -0.2) is 6.61 Å². The quantitative estimate of drug-likeness (QED) is 0.578. The molecule has 0 aliphatic heterocycles. The van der Waals surface area contributed by atoms with Crippen LogP contribution in [0.2, 0.25) is 0 Å². The maximum absolute atomic E-state index is 10.3. The number of rotatable bonds is 5. The SMILES string of the molecule is CC(CCCC[O])C1CCCCC1. The van der Waals surface area contributed by atoms with Gasteiger partial charge in [-0.2, -0.15) is 0 Å². The molecule has 1 radical (unpaired) electrons. The van der Waals surface area contributed by atoms with Gasteiger partial charge in [0.25, 0.3) is 0 Å². The Labute approximate surface area is 82.5 Å². The predicted octanol–water partition coefficient (Wildman–Crippen LogP) is 3.80. The smallest absolute Gasteiger partial charge is 0.0822 e. The van der Waals surface area contributed by atoms with Crippen molar-refractivity contribution in [3.63, 3.8) is 0 Å². The standard InChI is InChI=1S/C12H23O/c1-11(7-5-6-10-13)12-8-3-2-4-9-12/h11-12H,2-10H2,1H3. The normalized spacial score (nSPS) is 21.7. The summed E-state index contributed by atoms with van der Waals surface area (Å²) in [6, 6.07) is 0. The van der Waals surface area contributed by atoms with E-state index in [0.29, 0.717) is 0 Å². The molecule has 0 spiro atoms. The Balaban J connectivity index is 2.09. The molecule has 1 heteroatoms. The summed E-state index contributed by atoms with van der Waals surface area (Å²) in [4.78, 5) is 0. The topological polar surface area (TPSA) is 19.9 Å². The van der Waals surface area contributed by atoms with Gasteiger partial charge in [-0.25, -0.2) is 5.11 Å². The Morgan fingerprint density at radius 3 is 2.46 bits per heavy atom. The molecular formula is C12H23O. The van der Waals surface area contributed by atoms with E-state index in [2.05, 4.69) is 6.92 Å². The summed E-state index contributed by atoms with van der Waals surface area (Å²) in [5, 5.41) is 10.3. The summed E-state index contributed by atoms with van der Waals surface area (Å²) in [6.07, 6.45) is 10.5. The molecule has 0 bridgehead atoms. The van der Waals surface area contributed by atoms with Crippen molar-refractivity contribution in [3.8, 4) is 0 Å². The monoisotopic (exact) mass is 183 g/mol. The Kier molecular flexibility index (Phi) is 5.45. The lowest BCUT2D eigenvalue weighted by Crippen LogP contribution is -2.15. The van der Waals surface area contributed by atoms with Crippen molar-refractivity contribution in [3.05, 3.63) is 0 Å². The maximum Gasteiger partial charge on any atom is 0.0822 e. The van der Waals surface area contributed by atoms with Crippen LogP contribution in [0.25, 0.3) is 0 Å². The number of unbranched alkanes of at least 4 members (excludes halogenated alkanes) is 1. The van der Waals surface area contributed by atoms with Gasteiger partial charge in [0.2, 0.25) is 0 Å². The van der Waals surface area contributed by atoms with E-state index in [-0.39, 0.29) is 6.61 Å². The van der Waals surface area contributed by atoms with Gasteiger partial charge >= 0.3 is 0 Å². The van der Waals surface area contributed by atoms with Gasteiger partial charge in [-0.3, -0.25) is 0 Å². The van der Waals surface area contributed by atoms with E-state index in [4.69, 9.17) is 0 Å². The molecule has 0 heterocycles. The third-order valence-corrected chi connectivity index (χ3v) is 3.51. The van der Waals surface area contributed by atoms with Crippen molar-refractivity contribution >= 4 is 0 Å². The van der Waals surface area contributed by atoms with Gasteiger partial charge < -0.3 is 0 Å². The molecule has 0 saturated heterocycles. The fourth-order valence-corrected chi connectivity index (χ4v) is 2.51. The maximum atomic E-state index is 10.3. The van der Waals surface area contributed by atoms with Crippen molar-refractivity contribution in [2.45, 2.75) is 58.3 Å². The zero-order chi connectivity index (χ0) is 9.52. The lowest BCUT2D eigenvalue weighted by Gasteiger charge is -2.27. The summed E-state index contributed by atoms with van der Waals surface area (Å²) in [5.41, 5.74) is 0. The molecule has 1 atom stereocenters. The number of hydrogen-bond acceptors (Lipinski definition) is 0. The molecule has 0 aromatic carbocycles. The molecule has 13 heavy (non-hydrogen) atoms. The van der Waals surface area contributed by atoms with Crippen LogP contribution in [0, 0.1) is 11.8 Å². The zero-order valence-corrected chi connectivity index (χ0v) is 8.93. The van der Waals surface area contributed by atoms with Gasteiger partial charge in [0.1, 0.15) is 0 Å². The molecule has 1 aliphatic carbocycles. The van der Waals surface area contributed by atoms with Gasteiger partial charge in [-0.1, -0.05) is 51.9 Å². The summed E-state index contributed by atoms with van der Waals surface area (Å²) in [5.74, 6) is 1.84. The third kappa shape index (κ3) is 4.12. The zero-order valence-electron chi connectivity index (χ0n) is 8.93. The van der Waals surface area contributed by atoms with Crippen molar-refractivity contribution in [2.24, 2.45) is 11.8 Å². The fraction of sp³-hybridized carbons (Fsp3) is 1.00. The highest BCUT2D eigenvalue weighted by molar-refractivity contribution is 4.71. The Morgan fingerprint density at radius 2 is 1.85 bits per heavy atom. The second-order valence-corrected chi connectivity index (χ2v) is 4.58. The van der Waals surface area contributed by atoms with Gasteiger partial charge in [0.15, 0.2) is 0 Å². The third-order valence-electron chi connectivity index (χ3n) is 3.51. The van der Waals surface area contributed by atoms with Crippen LogP contribution < -0.4 is 0 Å². The molecule has 1 unspecified atom stereocenters. The van der Waals surface area contributed by atoms with Crippen molar-refractivity contribution < 1.29 is 5.11 Å². The van der Waals surface area contributed by atoms with Crippen LogP contribution in [0.1, 0.15) is 58.3 Å². The Bertz CT molecular complexity index is 116. The molecule has 1 fully saturated rings. The first-order valence-corrected chi connectivity index (χ1v) is 5.92. The van der Waals surface area contributed by atoms with E-state index < -0.39 is 0 Å². The van der Waals surface area contributed by atoms with E-state index >= 15 is 0 Å². The second-order valence-electron chi connectivity index (χ2n) is 4.58. The highest BCUT2D eigenvalue weighted by Crippen LogP contribution is 2.32. The first-order valence-electron chi connectivity index (χ1n) is 5.92. The van der Waals surface area contributed by atoms with Crippen LogP contribution >= 0.6 is 0 Å². The van der Waals surface area contributed by atoms with Gasteiger partial charge in [0.05, 0.1) is 6.61 Å². The minimum Gasteiger partial charge on any atom is -0.237 e. The first-order chi connectivity index (χ1) is 6.34. The molecule has 0 N–H and O–H groups in total. The molecule has 77 valence electrons. The number of hydrogen-bond donors (Lipinski definition) is 0. The van der Waals surface area contributed by atoms with Crippen molar-refractivity contribution in [1.82, 2.24) is 0 Å². The van der Waals surface area contributed by atoms with Crippen LogP contribution in [0.4, 0.5) is 0 Å². The first kappa shape index (κ1) is 11.0. The van der Waals surface area contributed by atoms with E-state index in [1.54, 1.807) is 0 Å². The predicted molar refractivity (Wildman–Crippen MR) is 55.1 cm³/mol. The highest BCUT2D eigenvalue weighted by atomic mass is 16.2. The van der Waals surface area contributed by atoms with Crippen LogP contribution in [0.5, 0.6) is 0 Å². The second kappa shape index (κ2) is 6.42. The molecule has 0 aromatic heterocycles. The van der Waals surface area contributed by atoms with Gasteiger partial charge in [-0.05, 0) is 18.3 Å². The van der Waals surface area contributed by atoms with Gasteiger partial charge in [0, 0.05) is 0 Å². The molecule has 0 aromatic rings. The average Bonchev–Trinajstić information content (AvgIpc) is 2.19. The van der Waals surface area contributed by atoms with Gasteiger partial charge in [-0.15, -0.1) is 0 Å². The lowest BCUT2D eigenvalue weighted by atomic mass is 9.79. The van der Waals surface area contributed by atoms with Crippen LogP contribution in [-0.2, 0) is 5.11 Å². The van der Waals surface area contributed by atoms with Crippen molar-refractivity contribution in [1.29, 1.82) is 0 Å². The van der Waals surface area contributed by atoms with Crippen LogP contribution in [0.3, 0.4) is 0 Å². The van der Waals surface area contributed by atoms with E-state index in [0.717, 1.165) is 24.7 Å². The summed E-state index contributed by atoms with van der Waals surface area (Å²) >= 11 is 0. The molecular weight excluding hydrogens is 160 g/mol. The minimum absolute atomic E-state index is 0.122. The van der Waals surface area contributed by atoms with Crippen molar-refractivity contribution in [2.75, 3.05) is 6.61 Å². The largest absolute Gasteiger partial charge is 0.237 e. The fourth-order valence-electron chi connectivity index (χ4n) is 2.51. The average molecular weight is 183 g/mol. The molecule has 1 nitrogen and oxygen atoms in total. The highest BCUT2D eigenvalue weighted by Gasteiger charge is 2.19. The van der Waals surface area contributed by atoms with E-state index in [1.807, 2.05) is 0 Å². The summed E-state index contributed by atoms with van der Waals surface area (Å²) in [7, 11) is 0. The molecule has 1 aliphatic rings. The molecule has 1 saturated carbocycles. The van der Waals surface area contributed by atoms with E-state index in [1.165, 1.54) is 38.5 Å². The summed E-state index contributed by atoms with van der Waals surface area (Å²) in [6.45, 7) is 2.50. The molecule has 1 rings (SSSR count). The molecule has 0 amide bonds. The Hall–Kier alpha value is -0.0400. The lowest BCUT2D eigenvalue weighted by molar-refractivity contribution is 0.178. The minimum atomic E-state index is 0.122. The van der Waals surface area contributed by atoms with Crippen LogP contribution in [0.15, 0.2) is 0 Å². The summed E-state index contributed by atoms with van der Waals surface area (Å²) < 4.78 is 0. The van der Waals surface area contributed by atoms with E-state index in [9.17, 15) is 5.11 Å². The Morgan fingerprint density at radius 1 is 1.15 bits per heavy atom.